The van der Waals surface area contributed by atoms with Crippen LogP contribution in [0.2, 0.25) is 0 Å². The van der Waals surface area contributed by atoms with Gasteiger partial charge < -0.3 is 19.3 Å². The third-order valence-electron chi connectivity index (χ3n) is 3.62. The molecule has 32 heavy (non-hydrogen) atoms. The van der Waals surface area contributed by atoms with Crippen LogP contribution in [0.3, 0.4) is 0 Å². The summed E-state index contributed by atoms with van der Waals surface area (Å²) in [7, 11) is -6.47. The van der Waals surface area contributed by atoms with Crippen LogP contribution in [0.1, 0.15) is 33.1 Å². The Hall–Kier alpha value is -1.49. The molecule has 8 nitrogen and oxygen atoms in total. The Kier molecular flexibility index (Phi) is 10.6. The molecule has 0 aliphatic rings. The molecule has 190 valence electrons. The van der Waals surface area contributed by atoms with Crippen molar-refractivity contribution in [1.29, 1.82) is 0 Å². The Labute approximate surface area is 179 Å². The highest BCUT2D eigenvalue weighted by molar-refractivity contribution is 7.87. The van der Waals surface area contributed by atoms with Crippen molar-refractivity contribution < 1.29 is 67.8 Å². The van der Waals surface area contributed by atoms with Crippen LogP contribution >= 0.6 is 0 Å². The van der Waals surface area contributed by atoms with E-state index in [-0.39, 0.29) is 0 Å². The maximum Gasteiger partial charge on any atom is 0.455 e. The molecular weight excluding hydrogens is 485 g/mol. The zero-order valence-electron chi connectivity index (χ0n) is 16.9. The number of carbonyl (C=O) groups is 1. The first kappa shape index (κ1) is 30.5. The van der Waals surface area contributed by atoms with Gasteiger partial charge in [-0.1, -0.05) is 20.4 Å². The van der Waals surface area contributed by atoms with E-state index in [2.05, 4.69) is 20.8 Å². The molecule has 16 heteroatoms. The third kappa shape index (κ3) is 7.54. The molecule has 0 bridgehead atoms. The molecule has 0 aromatic rings. The monoisotopic (exact) mass is 508 g/mol. The molecule has 0 rings (SSSR count). The molecule has 0 amide bonds. The van der Waals surface area contributed by atoms with E-state index in [4.69, 9.17) is 4.55 Å². The van der Waals surface area contributed by atoms with Crippen LogP contribution in [-0.2, 0) is 29.1 Å². The fourth-order valence-electron chi connectivity index (χ4n) is 1.96. The van der Waals surface area contributed by atoms with Gasteiger partial charge in [-0.15, -0.1) is 0 Å². The van der Waals surface area contributed by atoms with E-state index in [9.17, 15) is 49.1 Å². The van der Waals surface area contributed by atoms with Crippen LogP contribution in [0.4, 0.5) is 30.7 Å². The van der Waals surface area contributed by atoms with E-state index in [1.54, 1.807) is 0 Å². The van der Waals surface area contributed by atoms with Crippen molar-refractivity contribution in [3.8, 4) is 0 Å². The molecule has 2 N–H and O–H groups in total. The summed E-state index contributed by atoms with van der Waals surface area (Å²) in [6.45, 7) is 4.25. The van der Waals surface area contributed by atoms with Gasteiger partial charge in [0.15, 0.2) is 6.29 Å². The number of ether oxygens (including phenoxy) is 3. The lowest BCUT2D eigenvalue weighted by Crippen LogP contribution is -2.59. The predicted octanol–water partition coefficient (Wildman–Crippen LogP) is 3.27. The number of carbonyl (C=O) groups excluding carboxylic acids is 1. The first-order chi connectivity index (χ1) is 14.2. The van der Waals surface area contributed by atoms with Crippen molar-refractivity contribution >= 4 is 16.1 Å². The molecule has 2 atom stereocenters. The largest absolute Gasteiger partial charge is 0.461 e. The van der Waals surface area contributed by atoms with Gasteiger partial charge in [0, 0.05) is 6.42 Å². The smallest absolute Gasteiger partial charge is 0.455 e. The number of halogens is 7. The molecule has 0 heterocycles. The summed E-state index contributed by atoms with van der Waals surface area (Å²) in [5.74, 6) is -12.0. The minimum absolute atomic E-state index is 0.416. The average molecular weight is 508 g/mol. The maximum absolute atomic E-state index is 13.6. The number of hydrogen-bond donors (Lipinski definition) is 2. The first-order valence-electron chi connectivity index (χ1n) is 8.84. The molecule has 0 saturated carbocycles. The van der Waals surface area contributed by atoms with Crippen molar-refractivity contribution in [3.05, 3.63) is 12.7 Å². The maximum atomic E-state index is 13.6. The van der Waals surface area contributed by atoms with E-state index in [1.807, 2.05) is 0 Å². The number of alkyl halides is 7. The van der Waals surface area contributed by atoms with Crippen LogP contribution in [0.5, 0.6) is 0 Å². The minimum atomic E-state index is -6.47. The second kappa shape index (κ2) is 11.1. The van der Waals surface area contributed by atoms with Gasteiger partial charge in [-0.05, 0) is 24.8 Å². The number of aliphatic hydroxyl groups is 1. The Bertz CT molecular complexity index is 739. The molecule has 0 spiro atoms. The second-order valence-corrected chi connectivity index (χ2v) is 8.32. The SMILES string of the molecule is C=CC(O)OC(OCCCCC(F)(F)C(F)(F)S(=O)(=O)O)(C(=O)OCC(C)C)C(F)(F)F. The first-order valence-corrected chi connectivity index (χ1v) is 10.3. The van der Waals surface area contributed by atoms with E-state index < -0.39 is 83.9 Å². The lowest BCUT2D eigenvalue weighted by atomic mass is 10.1. The van der Waals surface area contributed by atoms with Gasteiger partial charge >= 0.3 is 39.2 Å². The van der Waals surface area contributed by atoms with Crippen molar-refractivity contribution in [1.82, 2.24) is 0 Å². The van der Waals surface area contributed by atoms with Gasteiger partial charge in [-0.2, -0.15) is 39.2 Å². The van der Waals surface area contributed by atoms with Crippen LogP contribution in [0.15, 0.2) is 12.7 Å². The summed E-state index contributed by atoms with van der Waals surface area (Å²) in [4.78, 5) is 12.1. The highest BCUT2D eigenvalue weighted by Crippen LogP contribution is 2.42. The number of hydrogen-bond acceptors (Lipinski definition) is 7. The summed E-state index contributed by atoms with van der Waals surface area (Å²) in [6.07, 6.45) is -11.3. The average Bonchev–Trinajstić information content (AvgIpc) is 2.62. The normalized spacial score (nSPS) is 16.5. The Morgan fingerprint density at radius 3 is 2.03 bits per heavy atom. The van der Waals surface area contributed by atoms with Crippen LogP contribution in [0, 0.1) is 5.92 Å². The lowest BCUT2D eigenvalue weighted by molar-refractivity contribution is -0.389. The summed E-state index contributed by atoms with van der Waals surface area (Å²) < 4.78 is 136. The third-order valence-corrected chi connectivity index (χ3v) is 4.56. The van der Waals surface area contributed by atoms with Crippen molar-refractivity contribution in [3.63, 3.8) is 0 Å². The fraction of sp³-hybridized carbons (Fsp3) is 0.812. The molecule has 0 aliphatic heterocycles. The van der Waals surface area contributed by atoms with Gasteiger partial charge in [-0.25, -0.2) is 4.79 Å². The lowest BCUT2D eigenvalue weighted by Gasteiger charge is -2.34. The number of aliphatic hydroxyl groups excluding tert-OH is 1. The number of esters is 1. The van der Waals surface area contributed by atoms with Gasteiger partial charge in [0.1, 0.15) is 0 Å². The van der Waals surface area contributed by atoms with Crippen LogP contribution in [-0.4, -0.2) is 66.7 Å². The van der Waals surface area contributed by atoms with Crippen molar-refractivity contribution in [2.75, 3.05) is 13.2 Å². The van der Waals surface area contributed by atoms with E-state index >= 15 is 0 Å². The topological polar surface area (TPSA) is 119 Å². The summed E-state index contributed by atoms with van der Waals surface area (Å²) in [6, 6.07) is 0. The van der Waals surface area contributed by atoms with Crippen molar-refractivity contribution in [2.24, 2.45) is 5.92 Å². The summed E-state index contributed by atoms with van der Waals surface area (Å²) >= 11 is 0. The van der Waals surface area contributed by atoms with Gasteiger partial charge in [0.05, 0.1) is 13.2 Å². The molecule has 0 aromatic heterocycles. The predicted molar refractivity (Wildman–Crippen MR) is 93.1 cm³/mol. The quantitative estimate of drug-likeness (QED) is 0.0917. The minimum Gasteiger partial charge on any atom is -0.461 e. The molecule has 0 fully saturated rings. The molecule has 0 radical (unpaired) electrons. The van der Waals surface area contributed by atoms with Crippen LogP contribution < -0.4 is 0 Å². The Morgan fingerprint density at radius 2 is 1.62 bits per heavy atom. The molecule has 0 aliphatic carbocycles. The summed E-state index contributed by atoms with van der Waals surface area (Å²) in [5, 5.41) is 3.53. The highest BCUT2D eigenvalue weighted by atomic mass is 32.2. The van der Waals surface area contributed by atoms with Crippen LogP contribution in [0.25, 0.3) is 0 Å². The van der Waals surface area contributed by atoms with Gasteiger partial charge in [0.2, 0.25) is 0 Å². The van der Waals surface area contributed by atoms with Gasteiger partial charge in [0.25, 0.3) is 0 Å². The number of rotatable bonds is 14. The van der Waals surface area contributed by atoms with E-state index in [0.29, 0.717) is 6.08 Å². The Balaban J connectivity index is 5.43. The Morgan fingerprint density at radius 1 is 1.09 bits per heavy atom. The standard InChI is InChI=1S/C16H23F7O8S/c1-4-11(24)31-14(15(19,20)21,12(25)29-9-10(2)3)30-8-6-5-7-13(17,18)16(22,23)32(26,27)28/h4,10-11,24H,1,5-9H2,2-3H3,(H,26,27,28). The molecule has 2 unspecified atom stereocenters. The van der Waals surface area contributed by atoms with E-state index in [1.165, 1.54) is 13.8 Å². The second-order valence-electron chi connectivity index (χ2n) is 6.85. The molecular formula is C16H23F7O8S. The molecule has 0 saturated heterocycles. The van der Waals surface area contributed by atoms with Crippen molar-refractivity contribution in [2.45, 2.75) is 62.5 Å². The van der Waals surface area contributed by atoms with Gasteiger partial charge in [-0.3, -0.25) is 4.55 Å². The number of unbranched alkanes of at least 4 members (excludes halogenated alkanes) is 1. The zero-order chi connectivity index (χ0) is 25.6. The van der Waals surface area contributed by atoms with E-state index in [0.717, 1.165) is 0 Å². The highest BCUT2D eigenvalue weighted by Gasteiger charge is 2.67. The zero-order valence-corrected chi connectivity index (χ0v) is 17.7. The summed E-state index contributed by atoms with van der Waals surface area (Å²) in [5.41, 5.74) is 0. The fourth-order valence-corrected chi connectivity index (χ4v) is 2.44. The molecule has 0 aromatic carbocycles.